The van der Waals surface area contributed by atoms with Crippen molar-refractivity contribution < 1.29 is 18.1 Å². The van der Waals surface area contributed by atoms with Crippen molar-refractivity contribution in [2.45, 2.75) is 20.3 Å². The lowest BCUT2D eigenvalue weighted by Gasteiger charge is -2.08. The van der Waals surface area contributed by atoms with Gasteiger partial charge in [0.25, 0.3) is 5.91 Å². The molecule has 2 heterocycles. The van der Waals surface area contributed by atoms with Crippen LogP contribution in [0.4, 0.5) is 8.78 Å². The maximum absolute atomic E-state index is 14.4. The van der Waals surface area contributed by atoms with Crippen LogP contribution in [0.5, 0.6) is 0 Å². The van der Waals surface area contributed by atoms with E-state index in [4.69, 9.17) is 4.52 Å². The summed E-state index contributed by atoms with van der Waals surface area (Å²) in [6.45, 7) is 3.58. The van der Waals surface area contributed by atoms with E-state index in [0.29, 0.717) is 34.4 Å². The van der Waals surface area contributed by atoms with Crippen LogP contribution in [0.2, 0.25) is 0 Å². The molecule has 0 spiro atoms. The molecule has 0 saturated carbocycles. The Kier molecular flexibility index (Phi) is 4.39. The molecule has 0 unspecified atom stereocenters. The fraction of sp³-hybridized carbons (Fsp3) is 0.222. The number of carbonyl (C=O) groups is 1. The van der Waals surface area contributed by atoms with Crippen LogP contribution in [-0.4, -0.2) is 23.1 Å². The van der Waals surface area contributed by atoms with Gasteiger partial charge in [-0.05, 0) is 30.5 Å². The second kappa shape index (κ2) is 6.51. The number of aromatic amines is 1. The first-order valence-electron chi connectivity index (χ1n) is 7.81. The molecular weight excluding hydrogens is 328 g/mol. The lowest BCUT2D eigenvalue weighted by atomic mass is 9.96. The molecule has 0 fully saturated rings. The Bertz CT molecular complexity index is 944. The van der Waals surface area contributed by atoms with Gasteiger partial charge in [-0.2, -0.15) is 0 Å². The molecule has 0 radical (unpaired) electrons. The number of hydrogen-bond acceptors (Lipinski definition) is 3. The van der Waals surface area contributed by atoms with Crippen molar-refractivity contribution in [3.8, 4) is 22.5 Å². The van der Waals surface area contributed by atoms with E-state index in [-0.39, 0.29) is 17.2 Å². The number of carbonyl (C=O) groups excluding carboxylic acids is 1. The van der Waals surface area contributed by atoms with Crippen LogP contribution in [0, 0.1) is 18.6 Å². The van der Waals surface area contributed by atoms with Crippen molar-refractivity contribution in [3.63, 3.8) is 0 Å². The molecule has 0 aliphatic rings. The Balaban J connectivity index is 2.21. The van der Waals surface area contributed by atoms with E-state index in [9.17, 15) is 13.6 Å². The summed E-state index contributed by atoms with van der Waals surface area (Å²) in [6, 6.07) is 2.58. The van der Waals surface area contributed by atoms with Gasteiger partial charge in [-0.3, -0.25) is 4.79 Å². The van der Waals surface area contributed by atoms with Gasteiger partial charge < -0.3 is 14.8 Å². The van der Waals surface area contributed by atoms with Crippen LogP contribution in [0.25, 0.3) is 22.5 Å². The summed E-state index contributed by atoms with van der Waals surface area (Å²) in [7, 11) is 1.54. The third-order valence-corrected chi connectivity index (χ3v) is 4.18. The van der Waals surface area contributed by atoms with E-state index < -0.39 is 11.6 Å². The second-order valence-electron chi connectivity index (χ2n) is 5.61. The Morgan fingerprint density at radius 1 is 1.32 bits per heavy atom. The first-order valence-corrected chi connectivity index (χ1v) is 7.81. The number of nitrogens with one attached hydrogen (secondary N) is 2. The molecule has 0 aliphatic carbocycles. The highest BCUT2D eigenvalue weighted by atomic mass is 19.2. The topological polar surface area (TPSA) is 70.9 Å². The van der Waals surface area contributed by atoms with Crippen molar-refractivity contribution >= 4 is 5.91 Å². The van der Waals surface area contributed by atoms with Gasteiger partial charge in [-0.25, -0.2) is 8.78 Å². The van der Waals surface area contributed by atoms with E-state index in [0.717, 1.165) is 6.07 Å². The minimum absolute atomic E-state index is 0.0981. The van der Waals surface area contributed by atoms with Gasteiger partial charge >= 0.3 is 0 Å². The Morgan fingerprint density at radius 3 is 2.76 bits per heavy atom. The number of aryl methyl sites for hydroxylation is 1. The van der Waals surface area contributed by atoms with Gasteiger partial charge in [0.2, 0.25) is 0 Å². The standard InChI is InChI=1S/C18H17F2N3O2/c1-4-10-11(7-22-16(10)18(24)21-3)17-12(8-23-25-17)14-9(2)5-6-13(19)15(14)20/h5-8,22H,4H2,1-3H3,(H,21,24). The van der Waals surface area contributed by atoms with E-state index in [1.807, 2.05) is 6.92 Å². The smallest absolute Gasteiger partial charge is 0.267 e. The average Bonchev–Trinajstić information content (AvgIpc) is 3.24. The molecule has 0 atom stereocenters. The minimum atomic E-state index is -0.954. The van der Waals surface area contributed by atoms with Gasteiger partial charge in [-0.1, -0.05) is 18.1 Å². The number of nitrogens with zero attached hydrogens (tertiary/aromatic N) is 1. The zero-order valence-electron chi connectivity index (χ0n) is 14.0. The van der Waals surface area contributed by atoms with Crippen LogP contribution in [0.3, 0.4) is 0 Å². The highest BCUT2D eigenvalue weighted by Gasteiger charge is 2.24. The average molecular weight is 345 g/mol. The maximum atomic E-state index is 14.4. The van der Waals surface area contributed by atoms with Gasteiger partial charge in [0.05, 0.1) is 11.8 Å². The van der Waals surface area contributed by atoms with Gasteiger partial charge in [-0.15, -0.1) is 0 Å². The summed E-state index contributed by atoms with van der Waals surface area (Å²) < 4.78 is 33.4. The molecule has 5 nitrogen and oxygen atoms in total. The summed E-state index contributed by atoms with van der Waals surface area (Å²) in [6.07, 6.45) is 3.51. The number of amides is 1. The quantitative estimate of drug-likeness (QED) is 0.755. The predicted octanol–water partition coefficient (Wildman–Crippen LogP) is 3.85. The monoisotopic (exact) mass is 345 g/mol. The summed E-state index contributed by atoms with van der Waals surface area (Å²) in [4.78, 5) is 14.9. The lowest BCUT2D eigenvalue weighted by molar-refractivity contribution is 0.0958. The normalized spacial score (nSPS) is 10.9. The van der Waals surface area contributed by atoms with Crippen molar-refractivity contribution in [3.05, 3.63) is 53.0 Å². The Hall–Kier alpha value is -2.96. The zero-order valence-corrected chi connectivity index (χ0v) is 14.0. The van der Waals surface area contributed by atoms with Crippen molar-refractivity contribution in [1.29, 1.82) is 0 Å². The minimum Gasteiger partial charge on any atom is -0.356 e. The number of benzene rings is 1. The maximum Gasteiger partial charge on any atom is 0.267 e. The highest BCUT2D eigenvalue weighted by molar-refractivity contribution is 5.96. The summed E-state index contributed by atoms with van der Waals surface area (Å²) >= 11 is 0. The fourth-order valence-corrected chi connectivity index (χ4v) is 2.94. The number of rotatable bonds is 4. The molecule has 1 aromatic carbocycles. The number of hydrogen-bond donors (Lipinski definition) is 2. The largest absolute Gasteiger partial charge is 0.356 e. The molecule has 0 bridgehead atoms. The molecule has 7 heteroatoms. The van der Waals surface area contributed by atoms with Crippen molar-refractivity contribution in [2.24, 2.45) is 0 Å². The van der Waals surface area contributed by atoms with E-state index in [2.05, 4.69) is 15.5 Å². The fourth-order valence-electron chi connectivity index (χ4n) is 2.94. The van der Waals surface area contributed by atoms with Crippen molar-refractivity contribution in [2.75, 3.05) is 7.05 Å². The molecule has 0 aliphatic heterocycles. The first kappa shape index (κ1) is 16.9. The predicted molar refractivity (Wildman–Crippen MR) is 89.1 cm³/mol. The van der Waals surface area contributed by atoms with E-state index >= 15 is 0 Å². The molecule has 2 aromatic heterocycles. The van der Waals surface area contributed by atoms with Crippen LogP contribution >= 0.6 is 0 Å². The highest BCUT2D eigenvalue weighted by Crippen LogP contribution is 2.38. The van der Waals surface area contributed by atoms with Crippen LogP contribution in [0.15, 0.2) is 29.0 Å². The molecular formula is C18H17F2N3O2. The van der Waals surface area contributed by atoms with E-state index in [1.54, 1.807) is 13.1 Å². The molecule has 130 valence electrons. The Morgan fingerprint density at radius 2 is 2.08 bits per heavy atom. The second-order valence-corrected chi connectivity index (χ2v) is 5.61. The van der Waals surface area contributed by atoms with Gasteiger partial charge in [0.1, 0.15) is 5.69 Å². The third kappa shape index (κ3) is 2.71. The summed E-state index contributed by atoms with van der Waals surface area (Å²) in [5, 5.41) is 6.32. The number of H-pyrrole nitrogens is 1. The third-order valence-electron chi connectivity index (χ3n) is 4.18. The van der Waals surface area contributed by atoms with Gasteiger partial charge in [0, 0.05) is 24.4 Å². The molecule has 3 rings (SSSR count). The molecule has 25 heavy (non-hydrogen) atoms. The lowest BCUT2D eigenvalue weighted by Crippen LogP contribution is -2.19. The zero-order chi connectivity index (χ0) is 18.1. The summed E-state index contributed by atoms with van der Waals surface area (Å²) in [5.41, 5.74) is 2.71. The molecule has 0 saturated heterocycles. The van der Waals surface area contributed by atoms with Crippen LogP contribution < -0.4 is 5.32 Å². The van der Waals surface area contributed by atoms with Crippen LogP contribution in [0.1, 0.15) is 28.5 Å². The number of halogens is 2. The first-order chi connectivity index (χ1) is 12.0. The molecule has 1 amide bonds. The Labute approximate surface area is 143 Å². The summed E-state index contributed by atoms with van der Waals surface area (Å²) in [5.74, 6) is -1.87. The molecule has 3 aromatic rings. The van der Waals surface area contributed by atoms with E-state index in [1.165, 1.54) is 19.3 Å². The number of aromatic nitrogens is 2. The van der Waals surface area contributed by atoms with Crippen molar-refractivity contribution in [1.82, 2.24) is 15.5 Å². The van der Waals surface area contributed by atoms with Crippen LogP contribution in [-0.2, 0) is 6.42 Å². The SMILES string of the molecule is CCc1c(-c2oncc2-c2c(C)ccc(F)c2F)c[nH]c1C(=O)NC. The van der Waals surface area contributed by atoms with Gasteiger partial charge in [0.15, 0.2) is 17.4 Å². The molecule has 2 N–H and O–H groups in total.